The third kappa shape index (κ3) is 4.93. The van der Waals surface area contributed by atoms with E-state index in [1.807, 2.05) is 66.7 Å². The third-order valence-electron chi connectivity index (χ3n) is 4.66. The van der Waals surface area contributed by atoms with Crippen LogP contribution in [0.3, 0.4) is 0 Å². The van der Waals surface area contributed by atoms with Gasteiger partial charge in [0, 0.05) is 22.0 Å². The Labute approximate surface area is 184 Å². The van der Waals surface area contributed by atoms with Gasteiger partial charge in [0.25, 0.3) is 11.8 Å². The lowest BCUT2D eigenvalue weighted by Crippen LogP contribution is -2.25. The van der Waals surface area contributed by atoms with Crippen LogP contribution in [-0.4, -0.2) is 18.4 Å². The molecule has 6 heteroatoms. The fourth-order valence-corrected chi connectivity index (χ4v) is 4.14. The van der Waals surface area contributed by atoms with Crippen molar-refractivity contribution in [1.29, 1.82) is 0 Å². The maximum atomic E-state index is 12.4. The van der Waals surface area contributed by atoms with Crippen LogP contribution in [0.1, 0.15) is 21.5 Å². The van der Waals surface area contributed by atoms with Crippen molar-refractivity contribution >= 4 is 46.9 Å². The average Bonchev–Trinajstić information content (AvgIpc) is 2.76. The van der Waals surface area contributed by atoms with Crippen molar-refractivity contribution in [3.63, 3.8) is 0 Å². The summed E-state index contributed by atoms with van der Waals surface area (Å²) in [5.41, 5.74) is 3.39. The van der Waals surface area contributed by atoms with E-state index in [1.54, 1.807) is 12.1 Å². The van der Waals surface area contributed by atoms with Gasteiger partial charge in [-0.25, -0.2) is 0 Å². The highest BCUT2D eigenvalue weighted by Crippen LogP contribution is 2.38. The molecule has 150 valence electrons. The van der Waals surface area contributed by atoms with Gasteiger partial charge < -0.3 is 10.6 Å². The van der Waals surface area contributed by atoms with Crippen LogP contribution in [0.5, 0.6) is 0 Å². The Bertz CT molecular complexity index is 1110. The van der Waals surface area contributed by atoms with Gasteiger partial charge in [0.15, 0.2) is 0 Å². The molecule has 2 amide bonds. The highest BCUT2D eigenvalue weighted by atomic mass is 35.5. The van der Waals surface area contributed by atoms with Gasteiger partial charge in [-0.2, -0.15) is 0 Å². The molecule has 1 heterocycles. The summed E-state index contributed by atoms with van der Waals surface area (Å²) in [6.07, 6.45) is 2.57. The molecule has 0 radical (unpaired) electrons. The van der Waals surface area contributed by atoms with Crippen LogP contribution in [0.15, 0.2) is 82.6 Å². The number of hydrogen-bond donors (Lipinski definition) is 2. The number of rotatable bonds is 5. The van der Waals surface area contributed by atoms with E-state index in [1.165, 1.54) is 11.8 Å². The number of anilines is 1. The van der Waals surface area contributed by atoms with Crippen molar-refractivity contribution in [2.45, 2.75) is 11.3 Å². The van der Waals surface area contributed by atoms with Crippen molar-refractivity contribution in [3.8, 4) is 0 Å². The first kappa shape index (κ1) is 20.3. The van der Waals surface area contributed by atoms with Crippen molar-refractivity contribution in [1.82, 2.24) is 5.32 Å². The van der Waals surface area contributed by atoms with Crippen LogP contribution in [0, 0.1) is 0 Å². The van der Waals surface area contributed by atoms with E-state index < -0.39 is 0 Å². The molecule has 0 unspecified atom stereocenters. The molecule has 0 atom stereocenters. The molecule has 3 aromatic rings. The second-order valence-corrected chi connectivity index (χ2v) is 8.34. The Balaban J connectivity index is 1.36. The Hall–Kier alpha value is -3.02. The van der Waals surface area contributed by atoms with Gasteiger partial charge in [-0.05, 0) is 60.0 Å². The standard InChI is InChI=1S/C24H19ClN2O2S/c25-19-11-7-16(8-12-19)13-14-26-23(28)18-9-5-17(6-10-18)15-22-24(29)27-20-3-1-2-4-21(20)30-22/h1-12,15H,13-14H2,(H,26,28)(H,27,29). The number of hydrogen-bond acceptors (Lipinski definition) is 3. The number of halogens is 1. The lowest BCUT2D eigenvalue weighted by atomic mass is 10.1. The van der Waals surface area contributed by atoms with Gasteiger partial charge in [-0.15, -0.1) is 0 Å². The Morgan fingerprint density at radius 1 is 1.00 bits per heavy atom. The molecule has 4 nitrogen and oxygen atoms in total. The molecule has 1 aliphatic rings. The van der Waals surface area contributed by atoms with E-state index in [0.717, 1.165) is 28.1 Å². The van der Waals surface area contributed by atoms with Crippen LogP contribution in [-0.2, 0) is 11.2 Å². The molecule has 0 saturated heterocycles. The van der Waals surface area contributed by atoms with Crippen molar-refractivity contribution in [2.24, 2.45) is 0 Å². The molecule has 0 saturated carbocycles. The van der Waals surface area contributed by atoms with E-state index in [2.05, 4.69) is 10.6 Å². The Kier molecular flexibility index (Phi) is 6.21. The minimum Gasteiger partial charge on any atom is -0.352 e. The second kappa shape index (κ2) is 9.20. The first-order valence-electron chi connectivity index (χ1n) is 9.51. The van der Waals surface area contributed by atoms with E-state index in [4.69, 9.17) is 11.6 Å². The summed E-state index contributed by atoms with van der Waals surface area (Å²) in [5, 5.41) is 6.53. The quantitative estimate of drug-likeness (QED) is 0.529. The average molecular weight is 435 g/mol. The number of amides is 2. The molecule has 1 aliphatic heterocycles. The summed E-state index contributed by atoms with van der Waals surface area (Å²) >= 11 is 7.33. The molecular formula is C24H19ClN2O2S. The first-order valence-corrected chi connectivity index (χ1v) is 10.7. The fourth-order valence-electron chi connectivity index (χ4n) is 3.06. The lowest BCUT2D eigenvalue weighted by molar-refractivity contribution is -0.112. The molecule has 0 aliphatic carbocycles. The third-order valence-corrected chi connectivity index (χ3v) is 6.01. The SMILES string of the molecule is O=C1Nc2ccccc2SC1=Cc1ccc(C(=O)NCCc2ccc(Cl)cc2)cc1. The predicted octanol–water partition coefficient (Wildman–Crippen LogP) is 5.40. The van der Waals surface area contributed by atoms with Gasteiger partial charge in [0.05, 0.1) is 10.6 Å². The number of thioether (sulfide) groups is 1. The predicted molar refractivity (Wildman–Crippen MR) is 123 cm³/mol. The Morgan fingerprint density at radius 3 is 2.50 bits per heavy atom. The van der Waals surface area contributed by atoms with Crippen LogP contribution in [0.4, 0.5) is 5.69 Å². The van der Waals surface area contributed by atoms with E-state index in [-0.39, 0.29) is 11.8 Å². The second-order valence-electron chi connectivity index (χ2n) is 6.82. The fraction of sp³-hybridized carbons (Fsp3) is 0.0833. The summed E-state index contributed by atoms with van der Waals surface area (Å²) < 4.78 is 0. The summed E-state index contributed by atoms with van der Waals surface area (Å²) in [6.45, 7) is 0.544. The number of nitrogens with one attached hydrogen (secondary N) is 2. The van der Waals surface area contributed by atoms with Gasteiger partial charge in [-0.3, -0.25) is 9.59 Å². The molecule has 30 heavy (non-hydrogen) atoms. The molecule has 0 fully saturated rings. The normalized spacial score (nSPS) is 14.2. The topological polar surface area (TPSA) is 58.2 Å². The van der Waals surface area contributed by atoms with E-state index >= 15 is 0 Å². The zero-order valence-corrected chi connectivity index (χ0v) is 17.6. The molecule has 0 spiro atoms. The minimum atomic E-state index is -0.123. The van der Waals surface area contributed by atoms with Crippen LogP contribution in [0.2, 0.25) is 5.02 Å². The van der Waals surface area contributed by atoms with Gasteiger partial charge in [0.1, 0.15) is 0 Å². The molecule has 0 aromatic heterocycles. The molecule has 2 N–H and O–H groups in total. The zero-order valence-electron chi connectivity index (χ0n) is 16.0. The van der Waals surface area contributed by atoms with Gasteiger partial charge in [-0.1, -0.05) is 59.8 Å². The number of carbonyl (C=O) groups is 2. The van der Waals surface area contributed by atoms with Crippen LogP contribution >= 0.6 is 23.4 Å². The molecule has 0 bridgehead atoms. The van der Waals surface area contributed by atoms with Crippen molar-refractivity contribution < 1.29 is 9.59 Å². The minimum absolute atomic E-state index is 0.122. The lowest BCUT2D eigenvalue weighted by Gasteiger charge is -2.18. The Morgan fingerprint density at radius 2 is 1.73 bits per heavy atom. The summed E-state index contributed by atoms with van der Waals surface area (Å²) in [4.78, 5) is 26.3. The van der Waals surface area contributed by atoms with Crippen molar-refractivity contribution in [2.75, 3.05) is 11.9 Å². The van der Waals surface area contributed by atoms with Crippen molar-refractivity contribution in [3.05, 3.63) is 99.4 Å². The maximum Gasteiger partial charge on any atom is 0.262 e. The van der Waals surface area contributed by atoms with Crippen LogP contribution < -0.4 is 10.6 Å². The van der Waals surface area contributed by atoms with Gasteiger partial charge >= 0.3 is 0 Å². The smallest absolute Gasteiger partial charge is 0.262 e. The molecular weight excluding hydrogens is 416 g/mol. The molecule has 3 aromatic carbocycles. The summed E-state index contributed by atoms with van der Waals surface area (Å²) in [7, 11) is 0. The highest BCUT2D eigenvalue weighted by molar-refractivity contribution is 8.04. The summed E-state index contributed by atoms with van der Waals surface area (Å²) in [5.74, 6) is -0.246. The van der Waals surface area contributed by atoms with Crippen LogP contribution in [0.25, 0.3) is 6.08 Å². The van der Waals surface area contributed by atoms with Gasteiger partial charge in [0.2, 0.25) is 0 Å². The molecule has 4 rings (SSSR count). The maximum absolute atomic E-state index is 12.4. The monoisotopic (exact) mass is 434 g/mol. The number of carbonyl (C=O) groups excluding carboxylic acids is 2. The first-order chi connectivity index (χ1) is 14.6. The van der Waals surface area contributed by atoms with E-state index in [9.17, 15) is 9.59 Å². The number of benzene rings is 3. The summed E-state index contributed by atoms with van der Waals surface area (Å²) in [6, 6.07) is 22.5. The number of para-hydroxylation sites is 1. The highest BCUT2D eigenvalue weighted by Gasteiger charge is 2.20. The number of fused-ring (bicyclic) bond motifs is 1. The van der Waals surface area contributed by atoms with E-state index in [0.29, 0.717) is 22.0 Å². The zero-order chi connectivity index (χ0) is 20.9. The largest absolute Gasteiger partial charge is 0.352 e.